The summed E-state index contributed by atoms with van der Waals surface area (Å²) in [6.07, 6.45) is 0.860. The molecule has 0 saturated heterocycles. The molecule has 33 heavy (non-hydrogen) atoms. The van der Waals surface area contributed by atoms with Crippen LogP contribution in [0, 0.1) is 5.82 Å². The van der Waals surface area contributed by atoms with Gasteiger partial charge in [-0.3, -0.25) is 4.79 Å². The van der Waals surface area contributed by atoms with Gasteiger partial charge in [-0.25, -0.2) is 27.1 Å². The fourth-order valence-electron chi connectivity index (χ4n) is 3.05. The fourth-order valence-corrected chi connectivity index (χ4v) is 3.42. The first-order chi connectivity index (χ1) is 15.3. The van der Waals surface area contributed by atoms with Crippen molar-refractivity contribution < 1.29 is 32.9 Å². The van der Waals surface area contributed by atoms with Crippen LogP contribution in [0.25, 0.3) is 17.3 Å². The van der Waals surface area contributed by atoms with E-state index in [0.717, 1.165) is 10.6 Å². The minimum absolute atomic E-state index is 0.0601. The molecule has 0 aliphatic carbocycles. The molecule has 1 unspecified atom stereocenters. The summed E-state index contributed by atoms with van der Waals surface area (Å²) in [5, 5.41) is 28.8. The number of carboxylic acid groups (broad SMARTS) is 1. The van der Waals surface area contributed by atoms with Gasteiger partial charge in [-0.15, -0.1) is 0 Å². The second-order valence-electron chi connectivity index (χ2n) is 7.98. The van der Waals surface area contributed by atoms with Crippen LogP contribution < -0.4 is 4.31 Å². The van der Waals surface area contributed by atoms with E-state index in [2.05, 4.69) is 9.97 Å². The van der Waals surface area contributed by atoms with Crippen LogP contribution in [-0.4, -0.2) is 65.2 Å². The Morgan fingerprint density at radius 1 is 1.18 bits per heavy atom. The van der Waals surface area contributed by atoms with Gasteiger partial charge in [0.2, 0.25) is 16.0 Å². The number of hydrogen-bond donors (Lipinski definition) is 3. The lowest BCUT2D eigenvalue weighted by atomic mass is 9.97. The van der Waals surface area contributed by atoms with E-state index in [1.165, 1.54) is 43.5 Å². The maximum Gasteiger partial charge on any atom is 0.305 e. The Morgan fingerprint density at radius 2 is 1.79 bits per heavy atom. The van der Waals surface area contributed by atoms with Crippen LogP contribution in [0.3, 0.4) is 0 Å². The van der Waals surface area contributed by atoms with E-state index in [1.807, 2.05) is 13.8 Å². The van der Waals surface area contributed by atoms with E-state index in [9.17, 15) is 27.8 Å². The molecule has 11 heteroatoms. The average Bonchev–Trinajstić information content (AvgIpc) is 2.70. The van der Waals surface area contributed by atoms with Crippen molar-refractivity contribution in [1.82, 2.24) is 9.97 Å². The van der Waals surface area contributed by atoms with Crippen LogP contribution in [0.5, 0.6) is 0 Å². The first-order valence-electron chi connectivity index (χ1n) is 10.2. The van der Waals surface area contributed by atoms with Crippen molar-refractivity contribution in [3.8, 4) is 11.3 Å². The van der Waals surface area contributed by atoms with Crippen molar-refractivity contribution >= 4 is 28.0 Å². The highest BCUT2D eigenvalue weighted by Crippen LogP contribution is 2.31. The van der Waals surface area contributed by atoms with Gasteiger partial charge >= 0.3 is 5.97 Å². The third-order valence-corrected chi connectivity index (χ3v) is 5.97. The number of hydrogen-bond acceptors (Lipinski definition) is 7. The predicted octanol–water partition coefficient (Wildman–Crippen LogP) is 2.40. The molecule has 2 atom stereocenters. The summed E-state index contributed by atoms with van der Waals surface area (Å²) in [4.78, 5) is 19.6. The second-order valence-corrected chi connectivity index (χ2v) is 9.99. The summed E-state index contributed by atoms with van der Waals surface area (Å²) in [5.41, 5.74) is 1.80. The van der Waals surface area contributed by atoms with Gasteiger partial charge in [0, 0.05) is 24.6 Å². The van der Waals surface area contributed by atoms with Gasteiger partial charge in [-0.05, 0) is 30.2 Å². The highest BCUT2D eigenvalue weighted by Gasteiger charge is 2.22. The number of aliphatic hydroxyl groups is 2. The molecule has 0 amide bonds. The monoisotopic (exact) mass is 481 g/mol. The molecule has 2 aromatic rings. The largest absolute Gasteiger partial charge is 0.481 e. The van der Waals surface area contributed by atoms with Crippen LogP contribution in [0.15, 0.2) is 30.3 Å². The molecule has 3 N–H and O–H groups in total. The third-order valence-electron chi connectivity index (χ3n) is 4.82. The number of nitrogens with zero attached hydrogens (tertiary/aromatic N) is 3. The Morgan fingerprint density at radius 3 is 2.30 bits per heavy atom. The van der Waals surface area contributed by atoms with Crippen LogP contribution in [0.4, 0.5) is 10.3 Å². The molecule has 1 aromatic carbocycles. The standard InChI is InChI=1S/C22H28FN3O6S/c1-13(2)20-18(10-9-16(27)11-17(28)12-19(29)30)21(14-5-7-15(23)8-6-14)25-22(24-20)26(3)33(4,31)32/h5-10,13,16-17,27-28H,11-12H2,1-4H3,(H,29,30)/b10-9+/t16-,17?/m1/s1. The number of carboxylic acids is 1. The average molecular weight is 482 g/mol. The molecule has 9 nitrogen and oxygen atoms in total. The summed E-state index contributed by atoms with van der Waals surface area (Å²) in [5.74, 6) is -1.87. The van der Waals surface area contributed by atoms with Crippen molar-refractivity contribution in [2.75, 3.05) is 17.6 Å². The number of rotatable bonds is 10. The zero-order valence-electron chi connectivity index (χ0n) is 18.8. The summed E-state index contributed by atoms with van der Waals surface area (Å²) >= 11 is 0. The number of benzene rings is 1. The number of aromatic nitrogens is 2. The van der Waals surface area contributed by atoms with Gasteiger partial charge < -0.3 is 15.3 Å². The highest BCUT2D eigenvalue weighted by molar-refractivity contribution is 7.92. The normalized spacial score (nSPS) is 13.9. The van der Waals surface area contributed by atoms with E-state index < -0.39 is 40.4 Å². The van der Waals surface area contributed by atoms with Gasteiger partial charge in [0.1, 0.15) is 5.82 Å². The molecule has 1 heterocycles. The van der Waals surface area contributed by atoms with Gasteiger partial charge in [-0.1, -0.05) is 26.0 Å². The Hall–Kier alpha value is -2.89. The van der Waals surface area contributed by atoms with Gasteiger partial charge in [0.25, 0.3) is 0 Å². The molecule has 0 saturated carbocycles. The molecule has 0 radical (unpaired) electrons. The molecule has 0 fully saturated rings. The van der Waals surface area contributed by atoms with E-state index in [4.69, 9.17) is 5.11 Å². The van der Waals surface area contributed by atoms with E-state index in [0.29, 0.717) is 22.5 Å². The molecule has 0 aliphatic heterocycles. The summed E-state index contributed by atoms with van der Waals surface area (Å²) < 4.78 is 38.6. The number of carbonyl (C=O) groups is 1. The Balaban J connectivity index is 2.61. The molecule has 2 rings (SSSR count). The number of aliphatic hydroxyl groups excluding tert-OH is 2. The SMILES string of the molecule is CC(C)c1nc(N(C)S(C)(=O)=O)nc(-c2ccc(F)cc2)c1/C=C/[C@@H](O)CC(O)CC(=O)O. The lowest BCUT2D eigenvalue weighted by molar-refractivity contribution is -0.139. The van der Waals surface area contributed by atoms with Crippen LogP contribution in [0.2, 0.25) is 0 Å². The van der Waals surface area contributed by atoms with E-state index >= 15 is 0 Å². The topological polar surface area (TPSA) is 141 Å². The quantitative estimate of drug-likeness (QED) is 0.470. The highest BCUT2D eigenvalue weighted by atomic mass is 32.2. The summed E-state index contributed by atoms with van der Waals surface area (Å²) in [6, 6.07) is 5.49. The summed E-state index contributed by atoms with van der Waals surface area (Å²) in [6.45, 7) is 3.71. The molecule has 180 valence electrons. The van der Waals surface area contributed by atoms with Crippen molar-refractivity contribution in [3.05, 3.63) is 47.4 Å². The molecule has 0 spiro atoms. The van der Waals surface area contributed by atoms with Gasteiger partial charge in [-0.2, -0.15) is 0 Å². The lowest BCUT2D eigenvalue weighted by Gasteiger charge is -2.20. The Bertz CT molecular complexity index is 1120. The van der Waals surface area contributed by atoms with Crippen molar-refractivity contribution in [2.45, 2.75) is 44.8 Å². The van der Waals surface area contributed by atoms with Crippen molar-refractivity contribution in [2.24, 2.45) is 0 Å². The predicted molar refractivity (Wildman–Crippen MR) is 123 cm³/mol. The molecule has 1 aromatic heterocycles. The van der Waals surface area contributed by atoms with Crippen LogP contribution in [-0.2, 0) is 14.8 Å². The van der Waals surface area contributed by atoms with Crippen molar-refractivity contribution in [1.29, 1.82) is 0 Å². The van der Waals surface area contributed by atoms with Gasteiger partial charge in [0.05, 0.1) is 36.3 Å². The Labute approximate surface area is 192 Å². The minimum atomic E-state index is -3.65. The van der Waals surface area contributed by atoms with E-state index in [1.54, 1.807) is 0 Å². The maximum absolute atomic E-state index is 13.5. The van der Waals surface area contributed by atoms with Gasteiger partial charge in [0.15, 0.2) is 0 Å². The first-order valence-corrected chi connectivity index (χ1v) is 12.0. The zero-order valence-corrected chi connectivity index (χ0v) is 19.6. The number of halogens is 1. The third kappa shape index (κ3) is 7.31. The minimum Gasteiger partial charge on any atom is -0.481 e. The smallest absolute Gasteiger partial charge is 0.305 e. The second kappa shape index (κ2) is 10.8. The van der Waals surface area contributed by atoms with E-state index in [-0.39, 0.29) is 18.3 Å². The zero-order chi connectivity index (χ0) is 24.9. The lowest BCUT2D eigenvalue weighted by Crippen LogP contribution is -2.27. The van der Waals surface area contributed by atoms with Crippen LogP contribution in [0.1, 0.15) is 43.9 Å². The number of aliphatic carboxylic acids is 1. The molecule has 0 aliphatic rings. The molecule has 0 bridgehead atoms. The number of anilines is 1. The molecular formula is C22H28FN3O6S. The van der Waals surface area contributed by atoms with Crippen molar-refractivity contribution in [3.63, 3.8) is 0 Å². The molecular weight excluding hydrogens is 453 g/mol. The Kier molecular flexibility index (Phi) is 8.64. The number of sulfonamides is 1. The van der Waals surface area contributed by atoms with Crippen LogP contribution >= 0.6 is 0 Å². The first kappa shape index (κ1) is 26.4. The summed E-state index contributed by atoms with van der Waals surface area (Å²) in [7, 11) is -2.33. The fraction of sp³-hybridized carbons (Fsp3) is 0.409. The maximum atomic E-state index is 13.5.